The maximum Gasteiger partial charge on any atom is 0.256 e. The quantitative estimate of drug-likeness (QED) is 0.882. The summed E-state index contributed by atoms with van der Waals surface area (Å²) in [5.41, 5.74) is 4.15. The van der Waals surface area contributed by atoms with Crippen molar-refractivity contribution in [1.29, 1.82) is 0 Å². The van der Waals surface area contributed by atoms with E-state index in [-0.39, 0.29) is 5.91 Å². The Kier molecular flexibility index (Phi) is 3.59. The first-order chi connectivity index (χ1) is 10.6. The largest absolute Gasteiger partial charge is 0.496 e. The van der Waals surface area contributed by atoms with E-state index in [9.17, 15) is 4.79 Å². The second-order valence-corrected chi connectivity index (χ2v) is 5.12. The highest BCUT2D eigenvalue weighted by Crippen LogP contribution is 2.36. The molecule has 112 valence electrons. The van der Waals surface area contributed by atoms with Crippen molar-refractivity contribution in [1.82, 2.24) is 0 Å². The fourth-order valence-corrected chi connectivity index (χ4v) is 2.62. The van der Waals surface area contributed by atoms with Crippen LogP contribution in [0.15, 0.2) is 36.4 Å². The number of carbonyl (C=O) groups is 1. The van der Waals surface area contributed by atoms with Crippen LogP contribution in [0, 0.1) is 6.92 Å². The van der Waals surface area contributed by atoms with Gasteiger partial charge in [-0.15, -0.1) is 0 Å². The lowest BCUT2D eigenvalue weighted by atomic mass is 10.0. The molecule has 22 heavy (non-hydrogen) atoms. The summed E-state index contributed by atoms with van der Waals surface area (Å²) >= 11 is 0. The summed E-state index contributed by atoms with van der Waals surface area (Å²) in [6, 6.07) is 11.4. The van der Waals surface area contributed by atoms with E-state index in [2.05, 4.69) is 5.32 Å². The Balaban J connectivity index is 2.14. The molecule has 1 heterocycles. The molecule has 2 aromatic rings. The molecule has 0 aliphatic carbocycles. The summed E-state index contributed by atoms with van der Waals surface area (Å²) in [6.07, 6.45) is 1.84. The van der Waals surface area contributed by atoms with Gasteiger partial charge < -0.3 is 14.8 Å². The predicted octanol–water partition coefficient (Wildman–Crippen LogP) is 3.50. The van der Waals surface area contributed by atoms with Crippen molar-refractivity contribution in [2.75, 3.05) is 19.5 Å². The third-order valence-electron chi connectivity index (χ3n) is 3.76. The lowest BCUT2D eigenvalue weighted by Crippen LogP contribution is -2.03. The molecule has 0 saturated carbocycles. The van der Waals surface area contributed by atoms with E-state index >= 15 is 0 Å². The molecule has 2 aromatic carbocycles. The van der Waals surface area contributed by atoms with Crippen LogP contribution < -0.4 is 14.8 Å². The summed E-state index contributed by atoms with van der Waals surface area (Å²) in [7, 11) is 3.25. The van der Waals surface area contributed by atoms with Gasteiger partial charge in [-0.25, -0.2) is 0 Å². The molecule has 1 N–H and O–H groups in total. The number of fused-ring (bicyclic) bond motifs is 1. The highest BCUT2D eigenvalue weighted by atomic mass is 16.5. The van der Waals surface area contributed by atoms with Crippen LogP contribution in [0.3, 0.4) is 0 Å². The van der Waals surface area contributed by atoms with Gasteiger partial charge in [0, 0.05) is 22.4 Å². The molecule has 1 amide bonds. The standard InChI is InChI=1S/C18H17NO3/c1-11-8-17(22-3)12(10-16(11)21-2)9-14-13-6-4-5-7-15(13)19-18(14)20/h4-10H,1-3H3,(H,19,20)/b14-9+. The van der Waals surface area contributed by atoms with Crippen molar-refractivity contribution in [2.24, 2.45) is 0 Å². The number of carbonyl (C=O) groups excluding carboxylic acids is 1. The number of hydrogen-bond acceptors (Lipinski definition) is 3. The van der Waals surface area contributed by atoms with Gasteiger partial charge in [0.25, 0.3) is 5.91 Å². The van der Waals surface area contributed by atoms with Crippen molar-refractivity contribution in [3.8, 4) is 11.5 Å². The van der Waals surface area contributed by atoms with E-state index in [0.717, 1.165) is 28.1 Å². The van der Waals surface area contributed by atoms with Crippen LogP contribution in [-0.2, 0) is 4.79 Å². The lowest BCUT2D eigenvalue weighted by molar-refractivity contribution is -0.110. The van der Waals surface area contributed by atoms with Crippen molar-refractivity contribution >= 4 is 23.2 Å². The number of para-hydroxylation sites is 1. The number of methoxy groups -OCH3 is 2. The van der Waals surface area contributed by atoms with Crippen LogP contribution in [0.5, 0.6) is 11.5 Å². The highest BCUT2D eigenvalue weighted by Gasteiger charge is 2.24. The van der Waals surface area contributed by atoms with Crippen molar-refractivity contribution in [3.63, 3.8) is 0 Å². The first-order valence-electron chi connectivity index (χ1n) is 6.99. The van der Waals surface area contributed by atoms with Gasteiger partial charge in [-0.2, -0.15) is 0 Å². The lowest BCUT2D eigenvalue weighted by Gasteiger charge is -2.11. The Morgan fingerprint density at radius 2 is 1.77 bits per heavy atom. The van der Waals surface area contributed by atoms with Gasteiger partial charge >= 0.3 is 0 Å². The number of aryl methyl sites for hydroxylation is 1. The molecule has 1 aliphatic rings. The molecule has 0 radical (unpaired) electrons. The maximum atomic E-state index is 12.2. The fourth-order valence-electron chi connectivity index (χ4n) is 2.62. The second kappa shape index (κ2) is 5.56. The minimum absolute atomic E-state index is 0.109. The number of hydrogen-bond donors (Lipinski definition) is 1. The Morgan fingerprint density at radius 1 is 1.05 bits per heavy atom. The van der Waals surface area contributed by atoms with Crippen LogP contribution in [0.4, 0.5) is 5.69 Å². The molecule has 3 rings (SSSR count). The van der Waals surface area contributed by atoms with E-state index in [1.54, 1.807) is 14.2 Å². The first-order valence-corrected chi connectivity index (χ1v) is 6.99. The zero-order chi connectivity index (χ0) is 15.7. The summed E-state index contributed by atoms with van der Waals surface area (Å²) in [6.45, 7) is 1.95. The molecule has 0 spiro atoms. The smallest absolute Gasteiger partial charge is 0.256 e. The van der Waals surface area contributed by atoms with Crippen molar-refractivity contribution in [2.45, 2.75) is 6.92 Å². The average Bonchev–Trinajstić information content (AvgIpc) is 2.84. The Labute approximate surface area is 129 Å². The van der Waals surface area contributed by atoms with Crippen LogP contribution >= 0.6 is 0 Å². The number of rotatable bonds is 3. The van der Waals surface area contributed by atoms with E-state index in [4.69, 9.17) is 9.47 Å². The third kappa shape index (κ3) is 2.33. The highest BCUT2D eigenvalue weighted by molar-refractivity contribution is 6.35. The molecule has 0 fully saturated rings. The van der Waals surface area contributed by atoms with Gasteiger partial charge in [0.05, 0.1) is 14.2 Å². The minimum atomic E-state index is -0.109. The van der Waals surface area contributed by atoms with Gasteiger partial charge in [-0.05, 0) is 36.8 Å². The number of amides is 1. The summed E-state index contributed by atoms with van der Waals surface area (Å²) in [5.74, 6) is 1.37. The molecular formula is C18H17NO3. The SMILES string of the molecule is COc1cc(/C=C2/C(=O)Nc3ccccc32)c(OC)cc1C. The van der Waals surface area contributed by atoms with Crippen LogP contribution in [-0.4, -0.2) is 20.1 Å². The minimum Gasteiger partial charge on any atom is -0.496 e. The van der Waals surface area contributed by atoms with Crippen LogP contribution in [0.2, 0.25) is 0 Å². The number of benzene rings is 2. The molecule has 0 unspecified atom stereocenters. The van der Waals surface area contributed by atoms with E-state index < -0.39 is 0 Å². The molecule has 0 aromatic heterocycles. The molecule has 0 bridgehead atoms. The van der Waals surface area contributed by atoms with Gasteiger partial charge in [0.2, 0.25) is 0 Å². The fraction of sp³-hybridized carbons (Fsp3) is 0.167. The third-order valence-corrected chi connectivity index (χ3v) is 3.76. The zero-order valence-corrected chi connectivity index (χ0v) is 12.8. The van der Waals surface area contributed by atoms with Gasteiger partial charge in [-0.1, -0.05) is 18.2 Å². The maximum absolute atomic E-state index is 12.2. The Morgan fingerprint density at radius 3 is 2.50 bits per heavy atom. The molecule has 0 saturated heterocycles. The first kappa shape index (κ1) is 14.2. The number of ether oxygens (including phenoxy) is 2. The molecule has 0 atom stereocenters. The number of anilines is 1. The average molecular weight is 295 g/mol. The Bertz CT molecular complexity index is 778. The molecule has 4 heteroatoms. The predicted molar refractivity (Wildman–Crippen MR) is 87.2 cm³/mol. The number of nitrogens with one attached hydrogen (secondary N) is 1. The van der Waals surface area contributed by atoms with Gasteiger partial charge in [-0.3, -0.25) is 4.79 Å². The second-order valence-electron chi connectivity index (χ2n) is 5.12. The van der Waals surface area contributed by atoms with E-state index in [1.165, 1.54) is 0 Å². The van der Waals surface area contributed by atoms with Gasteiger partial charge in [0.1, 0.15) is 11.5 Å². The zero-order valence-electron chi connectivity index (χ0n) is 12.8. The Hall–Kier alpha value is -2.75. The van der Waals surface area contributed by atoms with E-state index in [1.807, 2.05) is 49.4 Å². The van der Waals surface area contributed by atoms with E-state index in [0.29, 0.717) is 11.3 Å². The topological polar surface area (TPSA) is 47.6 Å². The van der Waals surface area contributed by atoms with Gasteiger partial charge in [0.15, 0.2) is 0 Å². The molecule has 4 nitrogen and oxygen atoms in total. The normalized spacial score (nSPS) is 14.7. The molecular weight excluding hydrogens is 278 g/mol. The van der Waals surface area contributed by atoms with Crippen molar-refractivity contribution < 1.29 is 14.3 Å². The summed E-state index contributed by atoms with van der Waals surface area (Å²) < 4.78 is 10.8. The van der Waals surface area contributed by atoms with Crippen LogP contribution in [0.25, 0.3) is 11.6 Å². The molecule has 1 aliphatic heterocycles. The summed E-state index contributed by atoms with van der Waals surface area (Å²) in [5, 5.41) is 2.87. The monoisotopic (exact) mass is 295 g/mol. The summed E-state index contributed by atoms with van der Waals surface area (Å²) in [4.78, 5) is 12.2. The van der Waals surface area contributed by atoms with Crippen molar-refractivity contribution in [3.05, 3.63) is 53.1 Å². The van der Waals surface area contributed by atoms with Crippen LogP contribution in [0.1, 0.15) is 16.7 Å².